The second-order valence-electron chi connectivity index (χ2n) is 6.71. The van der Waals surface area contributed by atoms with E-state index in [1.165, 1.54) is 0 Å². The van der Waals surface area contributed by atoms with E-state index in [1.54, 1.807) is 6.20 Å². The Morgan fingerprint density at radius 1 is 1.03 bits per heavy atom. The zero-order chi connectivity index (χ0) is 20.2. The summed E-state index contributed by atoms with van der Waals surface area (Å²) in [4.78, 5) is 17.2. The zero-order valence-electron chi connectivity index (χ0n) is 16.5. The van der Waals surface area contributed by atoms with E-state index in [-0.39, 0.29) is 5.91 Å². The molecule has 4 aromatic rings. The molecule has 0 saturated carbocycles. The number of hydrogen-bond acceptors (Lipinski definition) is 4. The van der Waals surface area contributed by atoms with Crippen LogP contribution in [0.5, 0.6) is 0 Å². The Hall–Kier alpha value is -3.67. The Bertz CT molecular complexity index is 1150. The Labute approximate surface area is 169 Å². The lowest BCUT2D eigenvalue weighted by atomic mass is 10.0. The summed E-state index contributed by atoms with van der Waals surface area (Å²) in [5.41, 5.74) is 5.06. The van der Waals surface area contributed by atoms with Crippen molar-refractivity contribution in [1.82, 2.24) is 20.1 Å². The number of hydrogen-bond donors (Lipinski definition) is 2. The fourth-order valence-electron chi connectivity index (χ4n) is 3.29. The van der Waals surface area contributed by atoms with E-state index in [0.717, 1.165) is 39.9 Å². The summed E-state index contributed by atoms with van der Waals surface area (Å²) in [6.07, 6.45) is 5.51. The summed E-state index contributed by atoms with van der Waals surface area (Å²) in [6.45, 7) is 5.33. The van der Waals surface area contributed by atoms with Gasteiger partial charge in [0.2, 0.25) is 0 Å². The number of carbonyl (C=O) groups is 1. The molecule has 0 fully saturated rings. The van der Waals surface area contributed by atoms with E-state index in [9.17, 15) is 4.79 Å². The number of amides is 1. The molecule has 0 bridgehead atoms. The maximum absolute atomic E-state index is 12.7. The van der Waals surface area contributed by atoms with Gasteiger partial charge in [0, 0.05) is 42.1 Å². The molecule has 0 aliphatic carbocycles. The Balaban J connectivity index is 1.88. The molecule has 2 aromatic heterocycles. The molecule has 2 heterocycles. The minimum atomic E-state index is -0.149. The van der Waals surface area contributed by atoms with Crippen molar-refractivity contribution in [1.29, 1.82) is 0 Å². The van der Waals surface area contributed by atoms with Gasteiger partial charge < -0.3 is 10.6 Å². The Kier molecular flexibility index (Phi) is 5.24. The quantitative estimate of drug-likeness (QED) is 0.508. The monoisotopic (exact) mass is 385 g/mol. The van der Waals surface area contributed by atoms with Gasteiger partial charge in [0.15, 0.2) is 0 Å². The lowest BCUT2D eigenvalue weighted by Gasteiger charge is -2.15. The molecular weight excluding hydrogens is 362 g/mol. The summed E-state index contributed by atoms with van der Waals surface area (Å²) < 4.78 is 1.89. The molecule has 0 saturated heterocycles. The summed E-state index contributed by atoms with van der Waals surface area (Å²) in [6, 6.07) is 15.9. The number of aromatic nitrogens is 3. The lowest BCUT2D eigenvalue weighted by molar-refractivity contribution is 0.0956. The number of para-hydroxylation sites is 1. The van der Waals surface area contributed by atoms with Gasteiger partial charge >= 0.3 is 0 Å². The molecule has 4 rings (SSSR count). The van der Waals surface area contributed by atoms with E-state index in [0.29, 0.717) is 12.1 Å². The molecule has 2 N–H and O–H groups in total. The number of benzene rings is 2. The third kappa shape index (κ3) is 3.82. The van der Waals surface area contributed by atoms with E-state index in [4.69, 9.17) is 0 Å². The standard InChI is InChI=1S/C23H23N5O/c1-3-24-23(29)20-14-25-21-11-10-16(17-13-26-28(4-2)15-17)12-19(21)22(20)27-18-8-6-5-7-9-18/h5-15H,3-4H2,1-2H3,(H,24,29)(H,25,27). The van der Waals surface area contributed by atoms with Crippen LogP contribution in [0.2, 0.25) is 0 Å². The van der Waals surface area contributed by atoms with Gasteiger partial charge in [-0.2, -0.15) is 5.10 Å². The zero-order valence-corrected chi connectivity index (χ0v) is 16.5. The van der Waals surface area contributed by atoms with Crippen molar-refractivity contribution < 1.29 is 4.79 Å². The van der Waals surface area contributed by atoms with Crippen molar-refractivity contribution in [3.63, 3.8) is 0 Å². The topological polar surface area (TPSA) is 71.8 Å². The number of pyridine rings is 1. The van der Waals surface area contributed by atoms with Crippen LogP contribution >= 0.6 is 0 Å². The second kappa shape index (κ2) is 8.14. The normalized spacial score (nSPS) is 10.8. The minimum absolute atomic E-state index is 0.149. The first-order valence-corrected chi connectivity index (χ1v) is 9.75. The second-order valence-corrected chi connectivity index (χ2v) is 6.71. The molecule has 0 unspecified atom stereocenters. The first kappa shape index (κ1) is 18.7. The number of anilines is 2. The highest BCUT2D eigenvalue weighted by Crippen LogP contribution is 2.32. The fraction of sp³-hybridized carbons (Fsp3) is 0.174. The number of fused-ring (bicyclic) bond motifs is 1. The van der Waals surface area contributed by atoms with E-state index < -0.39 is 0 Å². The molecule has 6 nitrogen and oxygen atoms in total. The van der Waals surface area contributed by atoms with Crippen LogP contribution in [0.15, 0.2) is 67.1 Å². The van der Waals surface area contributed by atoms with Crippen molar-refractivity contribution in [2.75, 3.05) is 11.9 Å². The molecule has 0 atom stereocenters. The van der Waals surface area contributed by atoms with Crippen molar-refractivity contribution in [3.05, 3.63) is 72.7 Å². The molecular formula is C23H23N5O. The molecule has 0 radical (unpaired) electrons. The van der Waals surface area contributed by atoms with Crippen LogP contribution in [-0.2, 0) is 6.54 Å². The highest BCUT2D eigenvalue weighted by atomic mass is 16.1. The van der Waals surface area contributed by atoms with Crippen LogP contribution in [0.1, 0.15) is 24.2 Å². The van der Waals surface area contributed by atoms with Crippen LogP contribution in [0.4, 0.5) is 11.4 Å². The first-order chi connectivity index (χ1) is 14.2. The van der Waals surface area contributed by atoms with Gasteiger partial charge in [0.25, 0.3) is 5.91 Å². The SMILES string of the molecule is CCNC(=O)c1cnc2ccc(-c3cnn(CC)c3)cc2c1Nc1ccccc1. The maximum atomic E-state index is 12.7. The van der Waals surface area contributed by atoms with Crippen LogP contribution < -0.4 is 10.6 Å². The van der Waals surface area contributed by atoms with Crippen molar-refractivity contribution in [3.8, 4) is 11.1 Å². The Morgan fingerprint density at radius 2 is 1.86 bits per heavy atom. The average molecular weight is 385 g/mol. The summed E-state index contributed by atoms with van der Waals surface area (Å²) in [5, 5.41) is 11.6. The van der Waals surface area contributed by atoms with Crippen molar-refractivity contribution in [2.24, 2.45) is 0 Å². The molecule has 6 heteroatoms. The predicted molar refractivity (Wildman–Crippen MR) is 116 cm³/mol. The molecule has 0 aliphatic rings. The smallest absolute Gasteiger partial charge is 0.254 e. The minimum Gasteiger partial charge on any atom is -0.354 e. The number of carbonyl (C=O) groups excluding carboxylic acids is 1. The number of nitrogens with one attached hydrogen (secondary N) is 2. The highest BCUT2D eigenvalue weighted by molar-refractivity contribution is 6.08. The van der Waals surface area contributed by atoms with Gasteiger partial charge in [0.1, 0.15) is 0 Å². The van der Waals surface area contributed by atoms with Gasteiger partial charge in [-0.15, -0.1) is 0 Å². The molecule has 0 aliphatic heterocycles. The summed E-state index contributed by atoms with van der Waals surface area (Å²) in [5.74, 6) is -0.149. The maximum Gasteiger partial charge on any atom is 0.254 e. The van der Waals surface area contributed by atoms with Gasteiger partial charge in [-0.3, -0.25) is 14.5 Å². The van der Waals surface area contributed by atoms with Crippen molar-refractivity contribution >= 4 is 28.2 Å². The predicted octanol–water partition coefficient (Wildman–Crippen LogP) is 4.61. The molecule has 0 spiro atoms. The van der Waals surface area contributed by atoms with Crippen LogP contribution in [0.3, 0.4) is 0 Å². The van der Waals surface area contributed by atoms with E-state index >= 15 is 0 Å². The van der Waals surface area contributed by atoms with Crippen LogP contribution in [0, 0.1) is 0 Å². The third-order valence-electron chi connectivity index (χ3n) is 4.78. The van der Waals surface area contributed by atoms with Crippen molar-refractivity contribution in [2.45, 2.75) is 20.4 Å². The average Bonchev–Trinajstić information content (AvgIpc) is 3.24. The van der Waals surface area contributed by atoms with Gasteiger partial charge in [-0.05, 0) is 43.7 Å². The van der Waals surface area contributed by atoms with E-state index in [1.807, 2.05) is 66.5 Å². The summed E-state index contributed by atoms with van der Waals surface area (Å²) in [7, 11) is 0. The number of rotatable bonds is 6. The largest absolute Gasteiger partial charge is 0.354 e. The van der Waals surface area contributed by atoms with Crippen LogP contribution in [-0.4, -0.2) is 27.2 Å². The van der Waals surface area contributed by atoms with E-state index in [2.05, 4.69) is 33.7 Å². The van der Waals surface area contributed by atoms with Crippen LogP contribution in [0.25, 0.3) is 22.0 Å². The van der Waals surface area contributed by atoms with Gasteiger partial charge in [-0.1, -0.05) is 24.3 Å². The fourth-order valence-corrected chi connectivity index (χ4v) is 3.29. The molecule has 1 amide bonds. The third-order valence-corrected chi connectivity index (χ3v) is 4.78. The first-order valence-electron chi connectivity index (χ1n) is 9.75. The number of nitrogens with zero attached hydrogens (tertiary/aromatic N) is 3. The highest BCUT2D eigenvalue weighted by Gasteiger charge is 2.16. The molecule has 146 valence electrons. The molecule has 29 heavy (non-hydrogen) atoms. The summed E-state index contributed by atoms with van der Waals surface area (Å²) >= 11 is 0. The van der Waals surface area contributed by atoms with Gasteiger partial charge in [0.05, 0.1) is 23.0 Å². The van der Waals surface area contributed by atoms with Gasteiger partial charge in [-0.25, -0.2) is 0 Å². The number of aryl methyl sites for hydroxylation is 1. The lowest BCUT2D eigenvalue weighted by Crippen LogP contribution is -2.23. The Morgan fingerprint density at radius 3 is 2.59 bits per heavy atom. The molecule has 2 aromatic carbocycles.